The van der Waals surface area contributed by atoms with Crippen molar-refractivity contribution in [2.24, 2.45) is 9.98 Å². The van der Waals surface area contributed by atoms with Gasteiger partial charge in [0.15, 0.2) is 0 Å². The molecule has 1 fully saturated rings. The second kappa shape index (κ2) is 8.66. The Hall–Kier alpha value is -4.14. The monoisotopic (exact) mass is 462 g/mol. The van der Waals surface area contributed by atoms with Crippen LogP contribution in [0.3, 0.4) is 0 Å². The molecule has 5 rings (SSSR count). The van der Waals surface area contributed by atoms with E-state index < -0.39 is 28.6 Å². The molecular weight excluding hydrogens is 442 g/mol. The smallest absolute Gasteiger partial charge is 0.341 e. The first-order valence-corrected chi connectivity index (χ1v) is 10.8. The molecule has 34 heavy (non-hydrogen) atoms. The number of rotatable bonds is 4. The number of carboxylic acid groups (broad SMARTS) is 1. The van der Waals surface area contributed by atoms with Crippen LogP contribution in [0.25, 0.3) is 16.6 Å². The maximum Gasteiger partial charge on any atom is 0.341 e. The summed E-state index contributed by atoms with van der Waals surface area (Å²) in [6.07, 6.45) is 8.01. The van der Waals surface area contributed by atoms with Crippen LogP contribution < -0.4 is 10.3 Å². The van der Waals surface area contributed by atoms with E-state index in [1.165, 1.54) is 35.0 Å². The van der Waals surface area contributed by atoms with Gasteiger partial charge in [-0.15, -0.1) is 0 Å². The number of carbonyl (C=O) groups is 1. The van der Waals surface area contributed by atoms with Crippen LogP contribution in [0, 0.1) is 11.6 Å². The van der Waals surface area contributed by atoms with E-state index in [4.69, 9.17) is 4.99 Å². The lowest BCUT2D eigenvalue weighted by molar-refractivity contribution is 0.0695. The molecule has 1 unspecified atom stereocenters. The third-order valence-corrected chi connectivity index (χ3v) is 6.00. The lowest BCUT2D eigenvalue weighted by Gasteiger charge is -2.21. The van der Waals surface area contributed by atoms with E-state index in [0.29, 0.717) is 36.4 Å². The number of benzene rings is 2. The fourth-order valence-electron chi connectivity index (χ4n) is 4.35. The molecule has 1 atom stereocenters. The molecule has 1 saturated heterocycles. The standard InChI is InChI=1S/C25H20F2N4O3/c26-15-3-5-18(6-4-15)31-14-20(25(33)34)24(32)19-10-21(27)23(11-22(19)31)30-9-7-17(13-30)29-16-2-1-8-28-12-16/h1,3-6,8,10-12,14,17H,2,7,9,13H2,(H,33,34). The van der Waals surface area contributed by atoms with Crippen LogP contribution in [0.1, 0.15) is 23.2 Å². The van der Waals surface area contributed by atoms with Crippen molar-refractivity contribution in [3.8, 4) is 5.69 Å². The molecule has 0 amide bonds. The summed E-state index contributed by atoms with van der Waals surface area (Å²) in [6.45, 7) is 1.07. The number of aromatic nitrogens is 1. The Bertz CT molecular complexity index is 1440. The van der Waals surface area contributed by atoms with Crippen LogP contribution in [0.2, 0.25) is 0 Å². The predicted octanol–water partition coefficient (Wildman–Crippen LogP) is 3.98. The van der Waals surface area contributed by atoms with E-state index >= 15 is 4.39 Å². The molecule has 1 aromatic heterocycles. The zero-order valence-corrected chi connectivity index (χ0v) is 18.0. The Morgan fingerprint density at radius 1 is 1.18 bits per heavy atom. The van der Waals surface area contributed by atoms with Crippen molar-refractivity contribution >= 4 is 34.5 Å². The van der Waals surface area contributed by atoms with Crippen molar-refractivity contribution < 1.29 is 18.7 Å². The van der Waals surface area contributed by atoms with Gasteiger partial charge in [0.25, 0.3) is 0 Å². The second-order valence-electron chi connectivity index (χ2n) is 8.22. The summed E-state index contributed by atoms with van der Waals surface area (Å²) in [6, 6.07) is 8.01. The van der Waals surface area contributed by atoms with Crippen molar-refractivity contribution in [1.29, 1.82) is 0 Å². The summed E-state index contributed by atoms with van der Waals surface area (Å²) in [5.74, 6) is -2.49. The molecule has 1 N–H and O–H groups in total. The maximum atomic E-state index is 15.2. The van der Waals surface area contributed by atoms with Crippen molar-refractivity contribution in [2.75, 3.05) is 18.0 Å². The van der Waals surface area contributed by atoms with Crippen LogP contribution >= 0.6 is 0 Å². The summed E-state index contributed by atoms with van der Waals surface area (Å²) in [5.41, 5.74) is 0.676. The highest BCUT2D eigenvalue weighted by Crippen LogP contribution is 2.30. The maximum absolute atomic E-state index is 15.2. The molecule has 2 aromatic carbocycles. The van der Waals surface area contributed by atoms with Crippen molar-refractivity contribution in [3.05, 3.63) is 82.3 Å². The first-order valence-electron chi connectivity index (χ1n) is 10.8. The summed E-state index contributed by atoms with van der Waals surface area (Å²) in [5, 5.41) is 9.44. The lowest BCUT2D eigenvalue weighted by Crippen LogP contribution is -2.24. The van der Waals surface area contributed by atoms with Gasteiger partial charge in [-0.25, -0.2) is 13.6 Å². The van der Waals surface area contributed by atoms with E-state index in [1.807, 2.05) is 11.0 Å². The van der Waals surface area contributed by atoms with Crippen LogP contribution in [0.5, 0.6) is 0 Å². The van der Waals surface area contributed by atoms with E-state index in [2.05, 4.69) is 4.99 Å². The number of halogens is 2. The van der Waals surface area contributed by atoms with Gasteiger partial charge in [0.05, 0.1) is 23.0 Å². The zero-order valence-electron chi connectivity index (χ0n) is 18.0. The largest absolute Gasteiger partial charge is 0.477 e. The highest BCUT2D eigenvalue weighted by Gasteiger charge is 2.26. The fourth-order valence-corrected chi connectivity index (χ4v) is 4.35. The Kier molecular flexibility index (Phi) is 5.53. The SMILES string of the molecule is O=C(O)c1cn(-c2ccc(F)cc2)c2cc(N3CCC(N=C4C=NC=CC4)C3)c(F)cc2c1=O. The molecule has 0 saturated carbocycles. The number of pyridine rings is 1. The number of hydrogen-bond donors (Lipinski definition) is 1. The molecule has 0 aliphatic carbocycles. The van der Waals surface area contributed by atoms with Gasteiger partial charge in [-0.05, 0) is 42.8 Å². The second-order valence-corrected chi connectivity index (χ2v) is 8.22. The van der Waals surface area contributed by atoms with Gasteiger partial charge in [-0.2, -0.15) is 0 Å². The summed E-state index contributed by atoms with van der Waals surface area (Å²) in [7, 11) is 0. The third-order valence-electron chi connectivity index (χ3n) is 6.00. The normalized spacial score (nSPS) is 18.8. The molecule has 3 heterocycles. The lowest BCUT2D eigenvalue weighted by atomic mass is 10.1. The number of hydrogen-bond acceptors (Lipinski definition) is 5. The van der Waals surface area contributed by atoms with Crippen LogP contribution in [-0.4, -0.2) is 46.7 Å². The van der Waals surface area contributed by atoms with Crippen molar-refractivity contribution in [2.45, 2.75) is 18.9 Å². The average Bonchev–Trinajstić information content (AvgIpc) is 3.28. The molecule has 0 spiro atoms. The topological polar surface area (TPSA) is 87.3 Å². The molecule has 0 radical (unpaired) electrons. The molecule has 0 bridgehead atoms. The van der Waals surface area contributed by atoms with E-state index in [-0.39, 0.29) is 11.4 Å². The first-order chi connectivity index (χ1) is 16.4. The number of carboxylic acids is 1. The third kappa shape index (κ3) is 4.00. The van der Waals surface area contributed by atoms with Gasteiger partial charge in [0, 0.05) is 49.2 Å². The number of allylic oxidation sites excluding steroid dienone is 1. The van der Waals surface area contributed by atoms with Crippen molar-refractivity contribution in [1.82, 2.24) is 4.57 Å². The van der Waals surface area contributed by atoms with Crippen LogP contribution in [0.15, 0.2) is 69.7 Å². The quantitative estimate of drug-likeness (QED) is 0.636. The first kappa shape index (κ1) is 21.7. The van der Waals surface area contributed by atoms with Gasteiger partial charge < -0.3 is 14.6 Å². The van der Waals surface area contributed by atoms with E-state index in [9.17, 15) is 19.1 Å². The molecule has 3 aromatic rings. The van der Waals surface area contributed by atoms with Gasteiger partial charge in [0.2, 0.25) is 5.43 Å². The molecule has 9 heteroatoms. The molecular formula is C25H20F2N4O3. The van der Waals surface area contributed by atoms with Gasteiger partial charge in [-0.3, -0.25) is 14.8 Å². The number of nitrogens with zero attached hydrogens (tertiary/aromatic N) is 4. The number of fused-ring (bicyclic) bond motifs is 1. The minimum Gasteiger partial charge on any atom is -0.477 e. The van der Waals surface area contributed by atoms with E-state index in [1.54, 1.807) is 18.5 Å². The molecule has 7 nitrogen and oxygen atoms in total. The van der Waals surface area contributed by atoms with Crippen LogP contribution in [0.4, 0.5) is 14.5 Å². The predicted molar refractivity (Wildman–Crippen MR) is 127 cm³/mol. The molecule has 2 aliphatic heterocycles. The summed E-state index contributed by atoms with van der Waals surface area (Å²) >= 11 is 0. The highest BCUT2D eigenvalue weighted by molar-refractivity contribution is 6.31. The molecule has 172 valence electrons. The Morgan fingerprint density at radius 3 is 2.68 bits per heavy atom. The minimum absolute atomic E-state index is 0.0169. The minimum atomic E-state index is -1.42. The number of anilines is 1. The Balaban J connectivity index is 1.59. The number of aromatic carboxylic acids is 1. The van der Waals surface area contributed by atoms with Crippen LogP contribution in [-0.2, 0) is 0 Å². The summed E-state index contributed by atoms with van der Waals surface area (Å²) in [4.78, 5) is 35.1. The van der Waals surface area contributed by atoms with Gasteiger partial charge in [-0.1, -0.05) is 6.08 Å². The Morgan fingerprint density at radius 2 is 1.97 bits per heavy atom. The average molecular weight is 462 g/mol. The van der Waals surface area contributed by atoms with E-state index in [0.717, 1.165) is 18.2 Å². The van der Waals surface area contributed by atoms with Gasteiger partial charge in [0.1, 0.15) is 17.2 Å². The van der Waals surface area contributed by atoms with Gasteiger partial charge >= 0.3 is 5.97 Å². The summed E-state index contributed by atoms with van der Waals surface area (Å²) < 4.78 is 30.2. The molecule has 2 aliphatic rings. The number of aliphatic imine (C=N–C) groups is 2. The zero-order chi connectivity index (χ0) is 23.8. The fraction of sp³-hybridized carbons (Fsp3) is 0.200. The van der Waals surface area contributed by atoms with Crippen molar-refractivity contribution in [3.63, 3.8) is 0 Å². The Labute approximate surface area is 193 Å². The highest BCUT2D eigenvalue weighted by atomic mass is 19.1.